The monoisotopic (exact) mass is 378 g/mol. The summed E-state index contributed by atoms with van der Waals surface area (Å²) < 4.78 is 5.03. The van der Waals surface area contributed by atoms with Crippen molar-refractivity contribution in [3.05, 3.63) is 68.8 Å². The summed E-state index contributed by atoms with van der Waals surface area (Å²) in [5.41, 5.74) is 5.62. The van der Waals surface area contributed by atoms with E-state index in [0.29, 0.717) is 17.0 Å². The van der Waals surface area contributed by atoms with Crippen LogP contribution in [0.3, 0.4) is 0 Å². The SMILES string of the molecule is C/C(=C\C(=O)Nc1ccc(Cl)c([N+](=O)[O-])c1)NNC(=O)c1ccoc1C. The lowest BCUT2D eigenvalue weighted by Crippen LogP contribution is -2.36. The number of halogens is 1. The Balaban J connectivity index is 1.95. The number of amides is 2. The Hall–Kier alpha value is -3.33. The summed E-state index contributed by atoms with van der Waals surface area (Å²) in [6.45, 7) is 3.21. The fourth-order valence-electron chi connectivity index (χ4n) is 1.98. The molecule has 0 unspecified atom stereocenters. The number of hydrazine groups is 1. The van der Waals surface area contributed by atoms with Crippen LogP contribution in [-0.2, 0) is 4.79 Å². The molecule has 1 heterocycles. The van der Waals surface area contributed by atoms with Crippen LogP contribution in [0.1, 0.15) is 23.0 Å². The van der Waals surface area contributed by atoms with Gasteiger partial charge in [0.1, 0.15) is 10.8 Å². The second-order valence-corrected chi connectivity index (χ2v) is 5.62. The number of nitrogens with zero attached hydrogens (tertiary/aromatic N) is 1. The number of aryl methyl sites for hydroxylation is 1. The lowest BCUT2D eigenvalue weighted by molar-refractivity contribution is -0.384. The number of anilines is 1. The third-order valence-electron chi connectivity index (χ3n) is 3.23. The number of nitro groups is 1. The molecule has 0 bridgehead atoms. The predicted molar refractivity (Wildman–Crippen MR) is 94.5 cm³/mol. The van der Waals surface area contributed by atoms with Crippen molar-refractivity contribution < 1.29 is 18.9 Å². The number of hydrogen-bond donors (Lipinski definition) is 3. The molecule has 0 saturated heterocycles. The minimum atomic E-state index is -0.645. The van der Waals surface area contributed by atoms with Crippen LogP contribution in [0.5, 0.6) is 0 Å². The molecule has 2 aromatic rings. The molecule has 26 heavy (non-hydrogen) atoms. The van der Waals surface area contributed by atoms with Crippen molar-refractivity contribution in [1.29, 1.82) is 0 Å². The molecule has 0 aliphatic carbocycles. The second kappa shape index (κ2) is 8.17. The fourth-order valence-corrected chi connectivity index (χ4v) is 2.17. The van der Waals surface area contributed by atoms with E-state index >= 15 is 0 Å². The summed E-state index contributed by atoms with van der Waals surface area (Å²) in [6.07, 6.45) is 2.58. The van der Waals surface area contributed by atoms with Crippen molar-refractivity contribution in [1.82, 2.24) is 10.9 Å². The highest BCUT2D eigenvalue weighted by molar-refractivity contribution is 6.32. The van der Waals surface area contributed by atoms with E-state index in [9.17, 15) is 19.7 Å². The van der Waals surface area contributed by atoms with Gasteiger partial charge in [-0.15, -0.1) is 0 Å². The van der Waals surface area contributed by atoms with E-state index in [1.807, 2.05) is 0 Å². The summed E-state index contributed by atoms with van der Waals surface area (Å²) in [7, 11) is 0. The molecule has 0 radical (unpaired) electrons. The minimum absolute atomic E-state index is 0.0290. The average Bonchev–Trinajstić information content (AvgIpc) is 3.00. The summed E-state index contributed by atoms with van der Waals surface area (Å²) in [4.78, 5) is 34.1. The van der Waals surface area contributed by atoms with E-state index in [-0.39, 0.29) is 16.4 Å². The van der Waals surface area contributed by atoms with E-state index in [1.54, 1.807) is 13.8 Å². The third-order valence-corrected chi connectivity index (χ3v) is 3.55. The fraction of sp³-hybridized carbons (Fsp3) is 0.125. The summed E-state index contributed by atoms with van der Waals surface area (Å²) in [5.74, 6) is -0.494. The van der Waals surface area contributed by atoms with Crippen molar-refractivity contribution >= 4 is 34.8 Å². The van der Waals surface area contributed by atoms with Crippen molar-refractivity contribution in [3.8, 4) is 0 Å². The number of nitrogens with one attached hydrogen (secondary N) is 3. The first-order chi connectivity index (χ1) is 12.3. The molecule has 1 aromatic carbocycles. The summed E-state index contributed by atoms with van der Waals surface area (Å²) in [6, 6.07) is 5.43. The number of rotatable bonds is 6. The van der Waals surface area contributed by atoms with Crippen LogP contribution in [0.15, 0.2) is 46.7 Å². The molecule has 0 aliphatic rings. The molecule has 9 nitrogen and oxygen atoms in total. The highest BCUT2D eigenvalue weighted by atomic mass is 35.5. The molecule has 0 saturated carbocycles. The lowest BCUT2D eigenvalue weighted by Gasteiger charge is -2.08. The average molecular weight is 379 g/mol. The van der Waals surface area contributed by atoms with Crippen molar-refractivity contribution in [3.63, 3.8) is 0 Å². The number of hydrogen-bond acceptors (Lipinski definition) is 6. The molecule has 2 rings (SSSR count). The van der Waals surface area contributed by atoms with Gasteiger partial charge >= 0.3 is 0 Å². The van der Waals surface area contributed by atoms with E-state index in [0.717, 1.165) is 6.07 Å². The zero-order chi connectivity index (χ0) is 19.3. The van der Waals surface area contributed by atoms with Crippen molar-refractivity contribution in [2.24, 2.45) is 0 Å². The van der Waals surface area contributed by atoms with E-state index < -0.39 is 16.7 Å². The molecule has 2 amide bonds. The number of carbonyl (C=O) groups is 2. The summed E-state index contributed by atoms with van der Waals surface area (Å²) >= 11 is 5.71. The number of carbonyl (C=O) groups excluding carboxylic acids is 2. The first-order valence-electron chi connectivity index (χ1n) is 7.31. The minimum Gasteiger partial charge on any atom is -0.469 e. The Morgan fingerprint density at radius 2 is 2.00 bits per heavy atom. The number of benzene rings is 1. The molecular weight excluding hydrogens is 364 g/mol. The van der Waals surface area contributed by atoms with E-state index in [4.69, 9.17) is 16.0 Å². The molecule has 10 heteroatoms. The second-order valence-electron chi connectivity index (χ2n) is 5.21. The first kappa shape index (κ1) is 19.0. The molecular formula is C16H15ClN4O5. The van der Waals surface area contributed by atoms with Gasteiger partial charge in [-0.3, -0.25) is 25.1 Å². The first-order valence-corrected chi connectivity index (χ1v) is 7.69. The Morgan fingerprint density at radius 1 is 1.27 bits per heavy atom. The maximum Gasteiger partial charge on any atom is 0.289 e. The van der Waals surface area contributed by atoms with Gasteiger partial charge in [0.05, 0.1) is 16.7 Å². The Bertz CT molecular complexity index is 891. The molecule has 0 aliphatic heterocycles. The standard InChI is InChI=1S/C16H15ClN4O5/c1-9(19-20-16(23)12-5-6-26-10(12)2)7-15(22)18-11-3-4-13(17)14(8-11)21(24)25/h3-8,19H,1-2H3,(H,18,22)(H,20,23)/b9-7+. The molecule has 3 N–H and O–H groups in total. The smallest absolute Gasteiger partial charge is 0.289 e. The zero-order valence-corrected chi connectivity index (χ0v) is 14.6. The van der Waals surface area contributed by atoms with Gasteiger partial charge in [-0.05, 0) is 32.0 Å². The van der Waals surface area contributed by atoms with Crippen LogP contribution in [0.25, 0.3) is 0 Å². The van der Waals surface area contributed by atoms with Gasteiger partial charge in [0.25, 0.3) is 11.6 Å². The van der Waals surface area contributed by atoms with Crippen molar-refractivity contribution in [2.45, 2.75) is 13.8 Å². The topological polar surface area (TPSA) is 127 Å². The van der Waals surface area contributed by atoms with E-state index in [1.165, 1.54) is 30.5 Å². The van der Waals surface area contributed by atoms with Crippen LogP contribution in [-0.4, -0.2) is 16.7 Å². The van der Waals surface area contributed by atoms with Crippen LogP contribution in [0.4, 0.5) is 11.4 Å². The van der Waals surface area contributed by atoms with Gasteiger partial charge in [0.15, 0.2) is 0 Å². The molecule has 136 valence electrons. The maximum atomic E-state index is 12.0. The van der Waals surface area contributed by atoms with Crippen LogP contribution >= 0.6 is 11.6 Å². The van der Waals surface area contributed by atoms with Gasteiger partial charge < -0.3 is 15.2 Å². The van der Waals surface area contributed by atoms with E-state index in [2.05, 4.69) is 16.2 Å². The Kier molecular flexibility index (Phi) is 5.97. The van der Waals surface area contributed by atoms with Gasteiger partial charge in [-0.2, -0.15) is 0 Å². The number of furan rings is 1. The van der Waals surface area contributed by atoms with Crippen LogP contribution in [0.2, 0.25) is 5.02 Å². The van der Waals surface area contributed by atoms with Crippen LogP contribution < -0.4 is 16.2 Å². The highest BCUT2D eigenvalue weighted by Gasteiger charge is 2.14. The quantitative estimate of drug-likeness (QED) is 0.403. The maximum absolute atomic E-state index is 12.0. The van der Waals surface area contributed by atoms with Crippen molar-refractivity contribution in [2.75, 3.05) is 5.32 Å². The molecule has 0 fully saturated rings. The number of nitro benzene ring substituents is 1. The zero-order valence-electron chi connectivity index (χ0n) is 13.8. The van der Waals surface area contributed by atoms with Gasteiger partial charge in [-0.1, -0.05) is 11.6 Å². The number of allylic oxidation sites excluding steroid dienone is 1. The predicted octanol–water partition coefficient (Wildman–Crippen LogP) is 2.93. The van der Waals surface area contributed by atoms with Crippen LogP contribution in [0, 0.1) is 17.0 Å². The summed E-state index contributed by atoms with van der Waals surface area (Å²) in [5, 5.41) is 13.3. The van der Waals surface area contributed by atoms with Gasteiger partial charge in [-0.25, -0.2) is 0 Å². The van der Waals surface area contributed by atoms with Gasteiger partial charge in [0, 0.05) is 23.5 Å². The Morgan fingerprint density at radius 3 is 2.62 bits per heavy atom. The molecule has 0 atom stereocenters. The lowest BCUT2D eigenvalue weighted by atomic mass is 10.2. The highest BCUT2D eigenvalue weighted by Crippen LogP contribution is 2.27. The van der Waals surface area contributed by atoms with Gasteiger partial charge in [0.2, 0.25) is 5.91 Å². The normalized spacial score (nSPS) is 11.0. The molecule has 0 spiro atoms. The third kappa shape index (κ3) is 4.84. The Labute approximate surface area is 153 Å². The molecule has 1 aromatic heterocycles. The largest absolute Gasteiger partial charge is 0.469 e.